The number of methoxy groups -OCH3 is 1. The van der Waals surface area contributed by atoms with Gasteiger partial charge in [0.15, 0.2) is 0 Å². The second-order valence-corrected chi connectivity index (χ2v) is 10.0. The fraction of sp³-hybridized carbons (Fsp3) is 0.250. The van der Waals surface area contributed by atoms with Crippen LogP contribution < -0.4 is 20.3 Å². The number of hydrogen-bond acceptors (Lipinski definition) is 7. The predicted octanol–water partition coefficient (Wildman–Crippen LogP) is 2.91. The Labute approximate surface area is 243 Å². The zero-order valence-electron chi connectivity index (χ0n) is 23.8. The summed E-state index contributed by atoms with van der Waals surface area (Å²) >= 11 is 0. The topological polar surface area (TPSA) is 134 Å². The van der Waals surface area contributed by atoms with Gasteiger partial charge in [-0.3, -0.25) is 24.1 Å². The van der Waals surface area contributed by atoms with Crippen LogP contribution in [0.4, 0.5) is 5.69 Å². The van der Waals surface area contributed by atoms with E-state index in [2.05, 4.69) is 10.6 Å². The van der Waals surface area contributed by atoms with Gasteiger partial charge in [0.1, 0.15) is 24.4 Å². The maximum absolute atomic E-state index is 14.0. The number of Topliss-reactive ketones (excluding diaryl/α,β-unsaturated/α-hetero) is 1. The van der Waals surface area contributed by atoms with Crippen LogP contribution in [0.2, 0.25) is 0 Å². The molecule has 2 atom stereocenters. The largest absolute Gasteiger partial charge is 0.496 e. The normalized spacial score (nSPS) is 15.0. The van der Waals surface area contributed by atoms with Gasteiger partial charge in [-0.15, -0.1) is 0 Å². The quantitative estimate of drug-likeness (QED) is 0.361. The Morgan fingerprint density at radius 1 is 1.02 bits per heavy atom. The lowest BCUT2D eigenvalue weighted by Crippen LogP contribution is -2.51. The highest BCUT2D eigenvalue weighted by molar-refractivity contribution is 6.21. The van der Waals surface area contributed by atoms with E-state index in [4.69, 9.17) is 9.73 Å². The number of aldehydes is 1. The van der Waals surface area contributed by atoms with Gasteiger partial charge in [0.05, 0.1) is 24.6 Å². The van der Waals surface area contributed by atoms with Crippen molar-refractivity contribution in [3.8, 4) is 5.75 Å². The third kappa shape index (κ3) is 6.60. The van der Waals surface area contributed by atoms with E-state index in [-0.39, 0.29) is 12.2 Å². The number of nitrogens with zero attached hydrogens (tertiary/aromatic N) is 2. The molecule has 1 aliphatic heterocycles. The molecule has 1 aliphatic rings. The number of hydrogen-bond donors (Lipinski definition) is 2. The van der Waals surface area contributed by atoms with Crippen molar-refractivity contribution in [2.45, 2.75) is 39.4 Å². The number of rotatable bonds is 10. The van der Waals surface area contributed by atoms with Gasteiger partial charge in [-0.1, -0.05) is 48.5 Å². The minimum absolute atomic E-state index is 0.166. The van der Waals surface area contributed by atoms with E-state index in [1.54, 1.807) is 43.5 Å². The summed E-state index contributed by atoms with van der Waals surface area (Å²) in [7, 11) is 1.55. The Balaban J connectivity index is 1.75. The number of amides is 3. The van der Waals surface area contributed by atoms with Crippen LogP contribution in [0, 0.1) is 13.8 Å². The molecule has 1 unspecified atom stereocenters. The SMILES string of the molecule is COc1c(C)cc(C(=O)NC2N=C(c3ccccc3)c3ccccc3N(CC(=O)N[C@H](C=O)CC(C)=O)C2=O)cc1C. The second kappa shape index (κ2) is 13.0. The molecule has 3 aromatic carbocycles. The van der Waals surface area contributed by atoms with Crippen LogP contribution in [0.15, 0.2) is 71.7 Å². The van der Waals surface area contributed by atoms with Crippen molar-refractivity contribution in [2.75, 3.05) is 18.6 Å². The standard InChI is InChI=1S/C32H32N4O6/c1-19-14-23(15-20(2)29(19)42-4)31(40)35-30-32(41)36(17-27(39)33-24(18-37)16-21(3)38)26-13-9-8-12-25(26)28(34-30)22-10-6-5-7-11-22/h5-15,18,24,30H,16-17H2,1-4H3,(H,33,39)(H,35,40)/t24-,30?/m0/s1. The number of ether oxygens (including phenoxy) is 1. The third-order valence-corrected chi connectivity index (χ3v) is 6.77. The second-order valence-electron chi connectivity index (χ2n) is 10.0. The first-order valence-electron chi connectivity index (χ1n) is 13.4. The molecule has 4 rings (SSSR count). The van der Waals surface area contributed by atoms with E-state index in [9.17, 15) is 24.0 Å². The van der Waals surface area contributed by atoms with Crippen molar-refractivity contribution in [3.05, 3.63) is 94.5 Å². The highest BCUT2D eigenvalue weighted by Gasteiger charge is 2.34. The van der Waals surface area contributed by atoms with E-state index in [1.165, 1.54) is 11.8 Å². The van der Waals surface area contributed by atoms with E-state index in [0.29, 0.717) is 40.1 Å². The molecule has 2 N–H and O–H groups in total. The lowest BCUT2D eigenvalue weighted by molar-refractivity contribution is -0.126. The van der Waals surface area contributed by atoms with E-state index < -0.39 is 36.5 Å². The summed E-state index contributed by atoms with van der Waals surface area (Å²) < 4.78 is 5.41. The van der Waals surface area contributed by atoms with Crippen LogP contribution >= 0.6 is 0 Å². The Morgan fingerprint density at radius 2 is 1.67 bits per heavy atom. The summed E-state index contributed by atoms with van der Waals surface area (Å²) in [6.45, 7) is 4.49. The van der Waals surface area contributed by atoms with E-state index in [0.717, 1.165) is 11.1 Å². The zero-order chi connectivity index (χ0) is 30.4. The summed E-state index contributed by atoms with van der Waals surface area (Å²) in [6.07, 6.45) is -1.06. The summed E-state index contributed by atoms with van der Waals surface area (Å²) in [5.74, 6) is -1.43. The molecular weight excluding hydrogens is 536 g/mol. The predicted molar refractivity (Wildman–Crippen MR) is 158 cm³/mol. The molecule has 0 saturated heterocycles. The molecule has 10 heteroatoms. The fourth-order valence-corrected chi connectivity index (χ4v) is 4.96. The average molecular weight is 569 g/mol. The van der Waals surface area contributed by atoms with Gasteiger partial charge in [-0.2, -0.15) is 0 Å². The van der Waals surface area contributed by atoms with Crippen LogP contribution in [0.3, 0.4) is 0 Å². The van der Waals surface area contributed by atoms with Gasteiger partial charge >= 0.3 is 0 Å². The molecular formula is C32H32N4O6. The van der Waals surface area contributed by atoms with Crippen molar-refractivity contribution in [1.82, 2.24) is 10.6 Å². The Morgan fingerprint density at radius 3 is 2.29 bits per heavy atom. The molecule has 42 heavy (non-hydrogen) atoms. The first-order valence-corrected chi connectivity index (χ1v) is 13.4. The third-order valence-electron chi connectivity index (χ3n) is 6.77. The van der Waals surface area contributed by atoms with Gasteiger partial charge < -0.3 is 20.2 Å². The summed E-state index contributed by atoms with van der Waals surface area (Å²) in [6, 6.07) is 18.5. The minimum atomic E-state index is -1.38. The maximum Gasteiger partial charge on any atom is 0.272 e. The number of carbonyl (C=O) groups excluding carboxylic acids is 5. The Kier molecular flexibility index (Phi) is 9.26. The average Bonchev–Trinajstić information content (AvgIpc) is 3.07. The lowest BCUT2D eigenvalue weighted by atomic mass is 10.0. The van der Waals surface area contributed by atoms with Crippen molar-refractivity contribution >= 4 is 41.2 Å². The molecule has 216 valence electrons. The first kappa shape index (κ1) is 29.9. The number of carbonyl (C=O) groups is 5. The molecule has 0 saturated carbocycles. The highest BCUT2D eigenvalue weighted by Crippen LogP contribution is 2.29. The first-order chi connectivity index (χ1) is 20.1. The van der Waals surface area contributed by atoms with Crippen LogP contribution in [0.1, 0.15) is 46.0 Å². The van der Waals surface area contributed by atoms with Crippen molar-refractivity contribution in [1.29, 1.82) is 0 Å². The van der Waals surface area contributed by atoms with Crippen molar-refractivity contribution < 1.29 is 28.7 Å². The summed E-state index contributed by atoms with van der Waals surface area (Å²) in [4.78, 5) is 69.5. The number of benzene rings is 3. The molecule has 0 aliphatic carbocycles. The molecule has 10 nitrogen and oxygen atoms in total. The number of aryl methyl sites for hydroxylation is 2. The monoisotopic (exact) mass is 568 g/mol. The van der Waals surface area contributed by atoms with Gasteiger partial charge in [-0.05, 0) is 50.1 Å². The molecule has 3 aromatic rings. The van der Waals surface area contributed by atoms with Crippen LogP contribution in [0.25, 0.3) is 0 Å². The van der Waals surface area contributed by atoms with E-state index >= 15 is 0 Å². The Bertz CT molecular complexity index is 1540. The molecule has 0 spiro atoms. The minimum Gasteiger partial charge on any atom is -0.496 e. The number of ketones is 1. The molecule has 0 aromatic heterocycles. The van der Waals surface area contributed by atoms with Crippen LogP contribution in [-0.4, -0.2) is 61.4 Å². The molecule has 0 radical (unpaired) electrons. The molecule has 1 heterocycles. The van der Waals surface area contributed by atoms with Crippen LogP contribution in [-0.2, 0) is 19.2 Å². The number of para-hydroxylation sites is 1. The zero-order valence-corrected chi connectivity index (χ0v) is 23.8. The van der Waals surface area contributed by atoms with Gasteiger partial charge in [0.2, 0.25) is 12.1 Å². The summed E-state index contributed by atoms with van der Waals surface area (Å²) in [5, 5.41) is 5.25. The smallest absolute Gasteiger partial charge is 0.272 e. The molecule has 3 amide bonds. The highest BCUT2D eigenvalue weighted by atomic mass is 16.5. The van der Waals surface area contributed by atoms with Crippen LogP contribution in [0.5, 0.6) is 5.75 Å². The lowest BCUT2D eigenvalue weighted by Gasteiger charge is -2.25. The van der Waals surface area contributed by atoms with Crippen molar-refractivity contribution in [2.24, 2.45) is 4.99 Å². The van der Waals surface area contributed by atoms with Gasteiger partial charge in [0.25, 0.3) is 11.8 Å². The number of nitrogens with one attached hydrogen (secondary N) is 2. The van der Waals surface area contributed by atoms with Gasteiger partial charge in [0, 0.05) is 23.1 Å². The summed E-state index contributed by atoms with van der Waals surface area (Å²) in [5.41, 5.74) is 3.97. The fourth-order valence-electron chi connectivity index (χ4n) is 4.96. The number of benzodiazepines with no additional fused rings is 1. The molecule has 0 bridgehead atoms. The van der Waals surface area contributed by atoms with Crippen molar-refractivity contribution in [3.63, 3.8) is 0 Å². The maximum atomic E-state index is 14.0. The number of fused-ring (bicyclic) bond motifs is 1. The van der Waals surface area contributed by atoms with E-state index in [1.807, 2.05) is 44.2 Å². The number of aliphatic imine (C=N–C) groups is 1. The Hall–Kier alpha value is -5.12. The molecule has 0 fully saturated rings. The van der Waals surface area contributed by atoms with Gasteiger partial charge in [-0.25, -0.2) is 4.99 Å². The number of anilines is 1.